The van der Waals surface area contributed by atoms with Crippen molar-refractivity contribution in [2.75, 3.05) is 65.8 Å². The van der Waals surface area contributed by atoms with Crippen LogP contribution in [-0.2, 0) is 23.7 Å². The van der Waals surface area contributed by atoms with Crippen LogP contribution >= 0.6 is 0 Å². The summed E-state index contributed by atoms with van der Waals surface area (Å²) in [4.78, 5) is 24.3. The highest BCUT2D eigenvalue weighted by Gasteiger charge is 2.27. The van der Waals surface area contributed by atoms with E-state index < -0.39 is 5.60 Å². The normalized spacial score (nSPS) is 20.3. The van der Waals surface area contributed by atoms with Gasteiger partial charge in [-0.15, -0.1) is 0 Å². The minimum Gasteiger partial charge on any atom is -0.466 e. The third-order valence-corrected chi connectivity index (χ3v) is 5.96. The number of amides is 1. The summed E-state index contributed by atoms with van der Waals surface area (Å²) in [6.45, 7) is 14.6. The van der Waals surface area contributed by atoms with Crippen molar-refractivity contribution < 1.29 is 33.6 Å². The van der Waals surface area contributed by atoms with Crippen LogP contribution in [0.2, 0.25) is 0 Å². The summed E-state index contributed by atoms with van der Waals surface area (Å²) < 4.78 is 21.4. The molecule has 9 heteroatoms. The van der Waals surface area contributed by atoms with Gasteiger partial charge in [-0.2, -0.15) is 0 Å². The zero-order valence-electron chi connectivity index (χ0n) is 23.2. The Balaban J connectivity index is 0.000000369. The molecule has 0 spiro atoms. The molecular formula is C27H52N2O7. The summed E-state index contributed by atoms with van der Waals surface area (Å²) in [5.41, 5.74) is -0.440. The van der Waals surface area contributed by atoms with Gasteiger partial charge in [0.25, 0.3) is 0 Å². The number of nitrogens with zero attached hydrogens (tertiary/aromatic N) is 1. The number of carbonyl (C=O) groups excluding carboxylic acids is 2. The lowest BCUT2D eigenvalue weighted by molar-refractivity contribution is -0.141. The third kappa shape index (κ3) is 17.9. The molecule has 0 aromatic heterocycles. The van der Waals surface area contributed by atoms with Crippen LogP contribution in [0.3, 0.4) is 0 Å². The number of esters is 1. The molecule has 36 heavy (non-hydrogen) atoms. The van der Waals surface area contributed by atoms with Crippen molar-refractivity contribution >= 4 is 12.1 Å². The molecule has 2 rings (SSSR count). The molecule has 2 saturated heterocycles. The highest BCUT2D eigenvalue weighted by atomic mass is 16.6. The zero-order chi connectivity index (χ0) is 26.7. The molecular weight excluding hydrogens is 464 g/mol. The van der Waals surface area contributed by atoms with Crippen molar-refractivity contribution in [3.63, 3.8) is 0 Å². The van der Waals surface area contributed by atoms with Crippen LogP contribution in [0.1, 0.15) is 79.1 Å². The fourth-order valence-electron chi connectivity index (χ4n) is 4.10. The van der Waals surface area contributed by atoms with E-state index in [2.05, 4.69) is 5.32 Å². The number of aliphatic hydroxyl groups is 1. The highest BCUT2D eigenvalue weighted by Crippen LogP contribution is 2.19. The maximum atomic E-state index is 12.0. The Bertz CT molecular complexity index is 577. The average molecular weight is 517 g/mol. The van der Waals surface area contributed by atoms with Crippen LogP contribution in [0.5, 0.6) is 0 Å². The van der Waals surface area contributed by atoms with Crippen LogP contribution < -0.4 is 5.32 Å². The highest BCUT2D eigenvalue weighted by molar-refractivity contribution is 5.68. The lowest BCUT2D eigenvalue weighted by Crippen LogP contribution is -2.43. The monoisotopic (exact) mass is 516 g/mol. The summed E-state index contributed by atoms with van der Waals surface area (Å²) in [6.07, 6.45) is 7.95. The van der Waals surface area contributed by atoms with E-state index in [1.807, 2.05) is 20.8 Å². The number of piperidine rings is 2. The van der Waals surface area contributed by atoms with Gasteiger partial charge in [0.05, 0.1) is 19.8 Å². The van der Waals surface area contributed by atoms with Crippen molar-refractivity contribution in [1.29, 1.82) is 0 Å². The number of nitrogens with one attached hydrogen (secondary N) is 1. The Morgan fingerprint density at radius 1 is 0.944 bits per heavy atom. The van der Waals surface area contributed by atoms with Crippen LogP contribution in [0.4, 0.5) is 4.79 Å². The Morgan fingerprint density at radius 2 is 1.58 bits per heavy atom. The summed E-state index contributed by atoms with van der Waals surface area (Å²) in [6, 6.07) is 0. The zero-order valence-corrected chi connectivity index (χ0v) is 23.2. The summed E-state index contributed by atoms with van der Waals surface area (Å²) in [5.74, 6) is 0.877. The van der Waals surface area contributed by atoms with Gasteiger partial charge in [0.1, 0.15) is 5.60 Å². The van der Waals surface area contributed by atoms with E-state index in [1.165, 1.54) is 19.8 Å². The van der Waals surface area contributed by atoms with Crippen LogP contribution in [0, 0.1) is 11.8 Å². The maximum absolute atomic E-state index is 12.0. The van der Waals surface area contributed by atoms with Crippen molar-refractivity contribution in [2.24, 2.45) is 11.8 Å². The smallest absolute Gasteiger partial charge is 0.410 e. The minimum atomic E-state index is -0.440. The van der Waals surface area contributed by atoms with E-state index >= 15 is 0 Å². The molecule has 0 bridgehead atoms. The summed E-state index contributed by atoms with van der Waals surface area (Å²) >= 11 is 0. The van der Waals surface area contributed by atoms with Crippen LogP contribution in [0.25, 0.3) is 0 Å². The van der Waals surface area contributed by atoms with Gasteiger partial charge in [0, 0.05) is 52.3 Å². The predicted molar refractivity (Wildman–Crippen MR) is 140 cm³/mol. The fraction of sp³-hybridized carbons (Fsp3) is 0.926. The van der Waals surface area contributed by atoms with E-state index in [-0.39, 0.29) is 18.7 Å². The molecule has 2 aliphatic heterocycles. The minimum absolute atomic E-state index is 0.200. The first kappa shape index (κ1) is 32.6. The Labute approximate surface area is 218 Å². The Morgan fingerprint density at radius 3 is 2.19 bits per heavy atom. The topological polar surface area (TPSA) is 107 Å². The second-order valence-electron chi connectivity index (χ2n) is 10.8. The van der Waals surface area contributed by atoms with Crippen molar-refractivity contribution in [3.8, 4) is 0 Å². The van der Waals surface area contributed by atoms with E-state index in [0.717, 1.165) is 77.9 Å². The molecule has 2 N–H and O–H groups in total. The van der Waals surface area contributed by atoms with Gasteiger partial charge in [-0.05, 0) is 84.6 Å². The number of hydrogen-bond acceptors (Lipinski definition) is 8. The molecule has 2 heterocycles. The molecule has 2 fully saturated rings. The van der Waals surface area contributed by atoms with Gasteiger partial charge in [-0.3, -0.25) is 4.79 Å². The van der Waals surface area contributed by atoms with E-state index in [4.69, 9.17) is 24.1 Å². The largest absolute Gasteiger partial charge is 0.466 e. The van der Waals surface area contributed by atoms with Gasteiger partial charge >= 0.3 is 12.1 Å². The lowest BCUT2D eigenvalue weighted by Gasteiger charge is -2.34. The standard InChI is InChI=1S/C15H29NO4.C12H23NO3/c1-15(2,3)20-14(18)16-8-6-7-13(11-16)12-19-10-5-4-9-17;1-11(14)16-8-3-2-7-15-10-12-5-4-6-13-9-12/h13,17H,4-12H2,1-3H3;12-13H,2-10H2,1H3. The van der Waals surface area contributed by atoms with Gasteiger partial charge < -0.3 is 34.3 Å². The Hall–Kier alpha value is -1.42. The van der Waals surface area contributed by atoms with Gasteiger partial charge in [0.15, 0.2) is 0 Å². The molecule has 212 valence electrons. The van der Waals surface area contributed by atoms with Gasteiger partial charge in [-0.1, -0.05) is 0 Å². The van der Waals surface area contributed by atoms with Crippen molar-refractivity contribution in [3.05, 3.63) is 0 Å². The second-order valence-corrected chi connectivity index (χ2v) is 10.8. The molecule has 2 atom stereocenters. The van der Waals surface area contributed by atoms with Gasteiger partial charge in [-0.25, -0.2) is 4.79 Å². The molecule has 0 aliphatic carbocycles. The molecule has 0 saturated carbocycles. The second kappa shape index (κ2) is 19.7. The van der Waals surface area contributed by atoms with E-state index in [1.54, 1.807) is 4.90 Å². The third-order valence-electron chi connectivity index (χ3n) is 5.96. The van der Waals surface area contributed by atoms with E-state index in [0.29, 0.717) is 31.7 Å². The quantitative estimate of drug-likeness (QED) is 0.281. The number of carbonyl (C=O) groups is 2. The molecule has 0 aromatic carbocycles. The molecule has 0 radical (unpaired) electrons. The average Bonchev–Trinajstić information content (AvgIpc) is 2.83. The van der Waals surface area contributed by atoms with Crippen LogP contribution in [-0.4, -0.2) is 93.5 Å². The first-order valence-corrected chi connectivity index (χ1v) is 13.8. The van der Waals surface area contributed by atoms with Crippen LogP contribution in [0.15, 0.2) is 0 Å². The van der Waals surface area contributed by atoms with Gasteiger partial charge in [0.2, 0.25) is 0 Å². The van der Waals surface area contributed by atoms with Crippen molar-refractivity contribution in [2.45, 2.75) is 84.7 Å². The maximum Gasteiger partial charge on any atom is 0.410 e. The molecule has 9 nitrogen and oxygen atoms in total. The SMILES string of the molecule is CC(=O)OCCCCOCC1CCCNC1.CC(C)(C)OC(=O)N1CCCC(COCCCCO)C1. The number of likely N-dealkylation sites (tertiary alicyclic amines) is 1. The first-order valence-electron chi connectivity index (χ1n) is 13.8. The van der Waals surface area contributed by atoms with Crippen molar-refractivity contribution in [1.82, 2.24) is 10.2 Å². The molecule has 1 amide bonds. The number of hydrogen-bond donors (Lipinski definition) is 2. The number of ether oxygens (including phenoxy) is 4. The molecule has 0 aromatic rings. The first-order chi connectivity index (χ1) is 17.2. The van der Waals surface area contributed by atoms with E-state index in [9.17, 15) is 9.59 Å². The summed E-state index contributed by atoms with van der Waals surface area (Å²) in [7, 11) is 0. The predicted octanol–water partition coefficient (Wildman–Crippen LogP) is 3.77. The number of unbranched alkanes of at least 4 members (excludes halogenated alkanes) is 2. The molecule has 2 aliphatic rings. The number of aliphatic hydroxyl groups excluding tert-OH is 1. The molecule has 2 unspecified atom stereocenters. The lowest BCUT2D eigenvalue weighted by atomic mass is 9.99. The summed E-state index contributed by atoms with van der Waals surface area (Å²) in [5, 5.41) is 12.1. The fourth-order valence-corrected chi connectivity index (χ4v) is 4.10. The Kier molecular flexibility index (Phi) is 17.8. The number of rotatable bonds is 13.